The number of esters is 1. The van der Waals surface area contributed by atoms with Crippen LogP contribution in [0.2, 0.25) is 0 Å². The van der Waals surface area contributed by atoms with Crippen LogP contribution < -0.4 is 0 Å². The Morgan fingerprint density at radius 1 is 0.964 bits per heavy atom. The van der Waals surface area contributed by atoms with Crippen LogP contribution in [0.25, 0.3) is 0 Å². The van der Waals surface area contributed by atoms with E-state index in [-0.39, 0.29) is 24.8 Å². The fraction of sp³-hybridized carbons (Fsp3) is 0.455. The Morgan fingerprint density at radius 3 is 2.14 bits per heavy atom. The molecule has 0 amide bonds. The normalized spacial score (nSPS) is 10.8. The molecule has 6 heteroatoms. The molecule has 0 N–H and O–H groups in total. The number of benzene rings is 1. The zero-order valence-electron chi connectivity index (χ0n) is 17.7. The van der Waals surface area contributed by atoms with E-state index in [1.54, 1.807) is 0 Å². The summed E-state index contributed by atoms with van der Waals surface area (Å²) in [4.78, 5) is 33.6. The number of hydrogen-bond donors (Lipinski definition) is 0. The molecule has 0 unspecified atom stereocenters. The summed E-state index contributed by atoms with van der Waals surface area (Å²) in [5.74, 6) is -0.549. The summed E-state index contributed by atoms with van der Waals surface area (Å²) >= 11 is 1.49. The molecule has 0 aliphatic carbocycles. The molecule has 1 aromatic heterocycles. The molecule has 0 fully saturated rings. The lowest BCUT2D eigenvalue weighted by molar-refractivity contribution is -0.142. The van der Waals surface area contributed by atoms with Gasteiger partial charge in [-0.05, 0) is 82.0 Å². The first-order valence-electron chi connectivity index (χ1n) is 9.30. The van der Waals surface area contributed by atoms with Crippen molar-refractivity contribution in [2.75, 3.05) is 12.9 Å². The van der Waals surface area contributed by atoms with Gasteiger partial charge in [0.2, 0.25) is 5.78 Å². The van der Waals surface area contributed by atoms with Crippen LogP contribution in [0.15, 0.2) is 11.2 Å². The standard InChI is InChI=1S/C22H28N2O3S/c1-12-10-13(2)21(15(4)14(12)3)19(25)11-27-20(26)9-8-18-16(5)23-22(28-7)24-17(18)6/h10H,8-9,11H2,1-7H3. The maximum Gasteiger partial charge on any atom is 0.306 e. The first kappa shape index (κ1) is 22.1. The second-order valence-corrected chi connectivity index (χ2v) is 7.85. The van der Waals surface area contributed by atoms with Crippen molar-refractivity contribution >= 4 is 23.5 Å². The van der Waals surface area contributed by atoms with Gasteiger partial charge in [-0.1, -0.05) is 17.8 Å². The first-order valence-corrected chi connectivity index (χ1v) is 10.5. The Labute approximate surface area is 171 Å². The number of rotatable bonds is 7. The zero-order valence-corrected chi connectivity index (χ0v) is 18.5. The number of ketones is 1. The first-order chi connectivity index (χ1) is 13.1. The number of hydrogen-bond acceptors (Lipinski definition) is 6. The Hall–Kier alpha value is -2.21. The highest BCUT2D eigenvalue weighted by Crippen LogP contribution is 2.22. The lowest BCUT2D eigenvalue weighted by Crippen LogP contribution is -2.17. The van der Waals surface area contributed by atoms with Crippen molar-refractivity contribution in [1.29, 1.82) is 0 Å². The summed E-state index contributed by atoms with van der Waals surface area (Å²) in [7, 11) is 0. The summed E-state index contributed by atoms with van der Waals surface area (Å²) in [6.07, 6.45) is 2.63. The molecular formula is C22H28N2O3S. The second-order valence-electron chi connectivity index (χ2n) is 7.08. The quantitative estimate of drug-likeness (QED) is 0.297. The number of thioether (sulfide) groups is 1. The van der Waals surface area contributed by atoms with E-state index in [1.165, 1.54) is 11.8 Å². The van der Waals surface area contributed by atoms with Crippen molar-refractivity contribution in [1.82, 2.24) is 9.97 Å². The number of aryl methyl sites for hydroxylation is 4. The number of ether oxygens (including phenoxy) is 1. The van der Waals surface area contributed by atoms with Gasteiger partial charge in [0.25, 0.3) is 0 Å². The van der Waals surface area contributed by atoms with Gasteiger partial charge in [0, 0.05) is 23.4 Å². The predicted molar refractivity (Wildman–Crippen MR) is 112 cm³/mol. The SMILES string of the molecule is CSc1nc(C)c(CCC(=O)OCC(=O)c2c(C)cc(C)c(C)c2C)c(C)n1. The van der Waals surface area contributed by atoms with Crippen molar-refractivity contribution < 1.29 is 14.3 Å². The van der Waals surface area contributed by atoms with E-state index in [2.05, 4.69) is 9.97 Å². The summed E-state index contributed by atoms with van der Waals surface area (Å²) in [5.41, 5.74) is 7.49. The summed E-state index contributed by atoms with van der Waals surface area (Å²) < 4.78 is 5.25. The molecule has 0 saturated carbocycles. The molecule has 1 aromatic carbocycles. The minimum atomic E-state index is -0.389. The molecule has 1 heterocycles. The van der Waals surface area contributed by atoms with Gasteiger partial charge >= 0.3 is 5.97 Å². The minimum absolute atomic E-state index is 0.161. The van der Waals surface area contributed by atoms with Crippen LogP contribution in [-0.4, -0.2) is 34.6 Å². The van der Waals surface area contributed by atoms with E-state index >= 15 is 0 Å². The monoisotopic (exact) mass is 400 g/mol. The largest absolute Gasteiger partial charge is 0.457 e. The number of aromatic nitrogens is 2. The highest BCUT2D eigenvalue weighted by molar-refractivity contribution is 7.98. The molecule has 0 aliphatic rings. The third-order valence-corrected chi connectivity index (χ3v) is 5.71. The van der Waals surface area contributed by atoms with E-state index in [1.807, 2.05) is 53.9 Å². The summed E-state index contributed by atoms with van der Waals surface area (Å²) in [6, 6.07) is 2.00. The molecule has 0 spiro atoms. The minimum Gasteiger partial charge on any atom is -0.457 e. The van der Waals surface area contributed by atoms with E-state index in [9.17, 15) is 9.59 Å². The van der Waals surface area contributed by atoms with Crippen molar-refractivity contribution in [2.24, 2.45) is 0 Å². The molecule has 2 aromatic rings. The van der Waals surface area contributed by atoms with Gasteiger partial charge in [0.05, 0.1) is 0 Å². The maximum atomic E-state index is 12.6. The molecule has 150 valence electrons. The third-order valence-electron chi connectivity index (χ3n) is 5.16. The molecule has 0 atom stereocenters. The zero-order chi connectivity index (χ0) is 21.0. The molecule has 0 bridgehead atoms. The Kier molecular flexibility index (Phi) is 7.35. The molecule has 5 nitrogen and oxygen atoms in total. The van der Waals surface area contributed by atoms with Gasteiger partial charge in [-0.25, -0.2) is 9.97 Å². The predicted octanol–water partition coefficient (Wildman–Crippen LogP) is 4.41. The van der Waals surface area contributed by atoms with Gasteiger partial charge in [0.1, 0.15) is 0 Å². The third kappa shape index (κ3) is 4.98. The number of nitrogens with zero attached hydrogens (tertiary/aromatic N) is 2. The van der Waals surface area contributed by atoms with E-state index < -0.39 is 0 Å². The molecule has 0 radical (unpaired) electrons. The highest BCUT2D eigenvalue weighted by atomic mass is 32.2. The second kappa shape index (κ2) is 9.32. The van der Waals surface area contributed by atoms with Gasteiger partial charge in [-0.15, -0.1) is 0 Å². The molecule has 2 rings (SSSR count). The van der Waals surface area contributed by atoms with Crippen molar-refractivity contribution in [3.05, 3.63) is 50.8 Å². The van der Waals surface area contributed by atoms with Crippen LogP contribution in [0.4, 0.5) is 0 Å². The summed E-state index contributed by atoms with van der Waals surface area (Å²) in [6.45, 7) is 11.5. The van der Waals surface area contributed by atoms with Crippen LogP contribution in [0.5, 0.6) is 0 Å². The fourth-order valence-electron chi connectivity index (χ4n) is 3.39. The average molecular weight is 401 g/mol. The molecule has 0 saturated heterocycles. The molecule has 0 aliphatic heterocycles. The maximum absolute atomic E-state index is 12.6. The smallest absolute Gasteiger partial charge is 0.306 e. The van der Waals surface area contributed by atoms with E-state index in [4.69, 9.17) is 4.74 Å². The van der Waals surface area contributed by atoms with Crippen molar-refractivity contribution in [3.63, 3.8) is 0 Å². The van der Waals surface area contributed by atoms with Crippen LogP contribution in [0, 0.1) is 41.5 Å². The van der Waals surface area contributed by atoms with Gasteiger partial charge in [-0.3, -0.25) is 9.59 Å². The topological polar surface area (TPSA) is 69.2 Å². The average Bonchev–Trinajstić information content (AvgIpc) is 2.63. The van der Waals surface area contributed by atoms with Gasteiger partial charge in [-0.2, -0.15) is 0 Å². The number of carbonyl (C=O) groups is 2. The van der Waals surface area contributed by atoms with Gasteiger partial charge < -0.3 is 4.74 Å². The van der Waals surface area contributed by atoms with Gasteiger partial charge in [0.15, 0.2) is 11.8 Å². The van der Waals surface area contributed by atoms with Crippen LogP contribution >= 0.6 is 11.8 Å². The van der Waals surface area contributed by atoms with Crippen molar-refractivity contribution in [2.45, 2.75) is 59.5 Å². The Morgan fingerprint density at radius 2 is 1.57 bits per heavy atom. The number of Topliss-reactive ketones (excluding diaryl/α,β-unsaturated/α-hetero) is 1. The van der Waals surface area contributed by atoms with E-state index in [0.29, 0.717) is 12.0 Å². The fourth-order valence-corrected chi connectivity index (χ4v) is 3.85. The van der Waals surface area contributed by atoms with Crippen LogP contribution in [-0.2, 0) is 16.0 Å². The van der Waals surface area contributed by atoms with Crippen LogP contribution in [0.1, 0.15) is 56.0 Å². The van der Waals surface area contributed by atoms with Crippen molar-refractivity contribution in [3.8, 4) is 0 Å². The highest BCUT2D eigenvalue weighted by Gasteiger charge is 2.18. The lowest BCUT2D eigenvalue weighted by atomic mass is 9.92. The van der Waals surface area contributed by atoms with E-state index in [0.717, 1.165) is 44.4 Å². The molecular weight excluding hydrogens is 372 g/mol. The molecule has 28 heavy (non-hydrogen) atoms. The Bertz CT molecular complexity index is 899. The Balaban J connectivity index is 1.99. The summed E-state index contributed by atoms with van der Waals surface area (Å²) in [5, 5.41) is 0.728. The van der Waals surface area contributed by atoms with Crippen LogP contribution in [0.3, 0.4) is 0 Å². The lowest BCUT2D eigenvalue weighted by Gasteiger charge is -2.14. The number of carbonyl (C=O) groups excluding carboxylic acids is 2.